The number of aliphatic hydroxyl groups is 1. The van der Waals surface area contributed by atoms with E-state index in [-0.39, 0.29) is 11.5 Å². The van der Waals surface area contributed by atoms with Gasteiger partial charge in [-0.05, 0) is 22.3 Å². The van der Waals surface area contributed by atoms with E-state index in [4.69, 9.17) is 0 Å². The minimum Gasteiger partial charge on any atom is -0.389 e. The third kappa shape index (κ3) is 6.00. The smallest absolute Gasteiger partial charge is 0.0733 e. The van der Waals surface area contributed by atoms with Crippen LogP contribution in [0.15, 0.2) is 10.2 Å². The second kappa shape index (κ2) is 5.97. The highest BCUT2D eigenvalue weighted by molar-refractivity contribution is 14.1. The second-order valence-corrected chi connectivity index (χ2v) is 4.72. The molecule has 72 valence electrons. The van der Waals surface area contributed by atoms with Crippen molar-refractivity contribution in [2.75, 3.05) is 0 Å². The second-order valence-electron chi connectivity index (χ2n) is 4.00. The van der Waals surface area contributed by atoms with Crippen LogP contribution in [0.3, 0.4) is 0 Å². The lowest BCUT2D eigenvalue weighted by Gasteiger charge is -2.25. The Bertz CT molecular complexity index is 141. The van der Waals surface area contributed by atoms with Crippen LogP contribution in [0.4, 0.5) is 0 Å². The molecule has 12 heavy (non-hydrogen) atoms. The van der Waals surface area contributed by atoms with Gasteiger partial charge in [-0.25, -0.2) is 0 Å². The summed E-state index contributed by atoms with van der Waals surface area (Å²) in [6.07, 6.45) is 4.80. The van der Waals surface area contributed by atoms with Crippen LogP contribution < -0.4 is 0 Å². The Morgan fingerprint density at radius 3 is 2.50 bits per heavy atom. The van der Waals surface area contributed by atoms with Crippen molar-refractivity contribution >= 4 is 22.6 Å². The third-order valence-corrected chi connectivity index (χ3v) is 2.40. The van der Waals surface area contributed by atoms with Gasteiger partial charge in [0.15, 0.2) is 0 Å². The average molecular weight is 282 g/mol. The number of hydrogen-bond acceptors (Lipinski definition) is 1. The van der Waals surface area contributed by atoms with E-state index in [9.17, 15) is 5.11 Å². The molecule has 0 heterocycles. The molecule has 0 aliphatic carbocycles. The molecule has 0 saturated carbocycles. The average Bonchev–Trinajstić information content (AvgIpc) is 1.85. The summed E-state index contributed by atoms with van der Waals surface area (Å²) in [6, 6.07) is 0. The van der Waals surface area contributed by atoms with Crippen LogP contribution in [0, 0.1) is 5.41 Å². The van der Waals surface area contributed by atoms with Gasteiger partial charge in [-0.15, -0.1) is 0 Å². The third-order valence-electron chi connectivity index (χ3n) is 1.98. The lowest BCUT2D eigenvalue weighted by atomic mass is 9.82. The van der Waals surface area contributed by atoms with E-state index in [0.29, 0.717) is 0 Å². The van der Waals surface area contributed by atoms with E-state index < -0.39 is 0 Å². The molecule has 0 aromatic heterocycles. The van der Waals surface area contributed by atoms with Gasteiger partial charge in [-0.1, -0.05) is 55.9 Å². The van der Waals surface area contributed by atoms with E-state index in [1.54, 1.807) is 0 Å². The maximum absolute atomic E-state index is 9.52. The van der Waals surface area contributed by atoms with Crippen molar-refractivity contribution in [3.8, 4) is 0 Å². The molecule has 2 heteroatoms. The zero-order chi connectivity index (χ0) is 9.61. The minimum atomic E-state index is -0.275. The molecule has 0 rings (SSSR count). The van der Waals surface area contributed by atoms with E-state index in [0.717, 1.165) is 6.42 Å². The monoisotopic (exact) mass is 282 g/mol. The van der Waals surface area contributed by atoms with Crippen molar-refractivity contribution in [1.82, 2.24) is 0 Å². The first-order valence-electron chi connectivity index (χ1n) is 4.47. The fourth-order valence-corrected chi connectivity index (χ4v) is 1.98. The maximum atomic E-state index is 9.52. The SMILES string of the molecule is CCCC(C)(C)CC(O)C=CI. The van der Waals surface area contributed by atoms with Gasteiger partial charge in [-0.3, -0.25) is 0 Å². The van der Waals surface area contributed by atoms with Crippen molar-refractivity contribution < 1.29 is 5.11 Å². The Balaban J connectivity index is 3.87. The Hall–Kier alpha value is 0.430. The molecular weight excluding hydrogens is 263 g/mol. The molecule has 0 aliphatic heterocycles. The standard InChI is InChI=1S/C10H19IO/c1-4-6-10(2,3)8-9(12)5-7-11/h5,7,9,12H,4,6,8H2,1-3H3. The summed E-state index contributed by atoms with van der Waals surface area (Å²) in [5.74, 6) is 0. The quantitative estimate of drug-likeness (QED) is 0.765. The van der Waals surface area contributed by atoms with Gasteiger partial charge < -0.3 is 5.11 Å². The van der Waals surface area contributed by atoms with Crippen LogP contribution >= 0.6 is 22.6 Å². The molecular formula is C10H19IO. The van der Waals surface area contributed by atoms with Gasteiger partial charge in [-0.2, -0.15) is 0 Å². The van der Waals surface area contributed by atoms with Gasteiger partial charge >= 0.3 is 0 Å². The predicted molar refractivity (Wildman–Crippen MR) is 62.5 cm³/mol. The molecule has 0 aromatic rings. The van der Waals surface area contributed by atoms with Gasteiger partial charge in [0, 0.05) is 0 Å². The van der Waals surface area contributed by atoms with Gasteiger partial charge in [0.1, 0.15) is 0 Å². The fraction of sp³-hybridized carbons (Fsp3) is 0.800. The Kier molecular flexibility index (Phi) is 6.19. The summed E-state index contributed by atoms with van der Waals surface area (Å²) < 4.78 is 1.88. The largest absolute Gasteiger partial charge is 0.389 e. The molecule has 0 amide bonds. The maximum Gasteiger partial charge on any atom is 0.0733 e. The zero-order valence-electron chi connectivity index (χ0n) is 8.18. The highest BCUT2D eigenvalue weighted by atomic mass is 127. The molecule has 0 spiro atoms. The van der Waals surface area contributed by atoms with E-state index >= 15 is 0 Å². The minimum absolute atomic E-state index is 0.268. The fourth-order valence-electron chi connectivity index (χ4n) is 1.50. The first-order chi connectivity index (χ1) is 5.52. The lowest BCUT2D eigenvalue weighted by molar-refractivity contribution is 0.146. The molecule has 0 saturated heterocycles. The summed E-state index contributed by atoms with van der Waals surface area (Å²) in [5, 5.41) is 9.52. The summed E-state index contributed by atoms with van der Waals surface area (Å²) in [5.41, 5.74) is 0.268. The van der Waals surface area contributed by atoms with Crippen LogP contribution in [0.5, 0.6) is 0 Å². The zero-order valence-corrected chi connectivity index (χ0v) is 10.3. The Morgan fingerprint density at radius 2 is 2.08 bits per heavy atom. The molecule has 0 fully saturated rings. The molecule has 0 radical (unpaired) electrons. The molecule has 1 nitrogen and oxygen atoms in total. The number of rotatable bonds is 5. The van der Waals surface area contributed by atoms with Crippen molar-refractivity contribution in [3.05, 3.63) is 10.2 Å². The topological polar surface area (TPSA) is 20.2 Å². The Morgan fingerprint density at radius 1 is 1.50 bits per heavy atom. The van der Waals surface area contributed by atoms with Crippen molar-refractivity contribution in [2.24, 2.45) is 5.41 Å². The van der Waals surface area contributed by atoms with Crippen LogP contribution in [0.1, 0.15) is 40.0 Å². The first kappa shape index (κ1) is 12.4. The highest BCUT2D eigenvalue weighted by Crippen LogP contribution is 2.28. The molecule has 1 atom stereocenters. The van der Waals surface area contributed by atoms with Crippen molar-refractivity contribution in [3.63, 3.8) is 0 Å². The summed E-state index contributed by atoms with van der Waals surface area (Å²) >= 11 is 2.13. The van der Waals surface area contributed by atoms with Crippen LogP contribution in [0.2, 0.25) is 0 Å². The highest BCUT2D eigenvalue weighted by Gasteiger charge is 2.19. The normalized spacial score (nSPS) is 15.4. The van der Waals surface area contributed by atoms with Gasteiger partial charge in [0.05, 0.1) is 6.10 Å². The summed E-state index contributed by atoms with van der Waals surface area (Å²) in [7, 11) is 0. The van der Waals surface area contributed by atoms with E-state index in [1.165, 1.54) is 12.8 Å². The first-order valence-corrected chi connectivity index (χ1v) is 5.71. The van der Waals surface area contributed by atoms with Crippen molar-refractivity contribution in [1.29, 1.82) is 0 Å². The molecule has 0 aliphatic rings. The molecule has 1 N–H and O–H groups in total. The number of hydrogen-bond donors (Lipinski definition) is 1. The van der Waals surface area contributed by atoms with Crippen LogP contribution in [-0.2, 0) is 0 Å². The van der Waals surface area contributed by atoms with E-state index in [1.807, 2.05) is 10.2 Å². The lowest BCUT2D eigenvalue weighted by Crippen LogP contribution is -2.18. The molecule has 0 bridgehead atoms. The molecule has 1 unspecified atom stereocenters. The van der Waals surface area contributed by atoms with Crippen LogP contribution in [0.25, 0.3) is 0 Å². The van der Waals surface area contributed by atoms with E-state index in [2.05, 4.69) is 43.4 Å². The van der Waals surface area contributed by atoms with Gasteiger partial charge in [0.25, 0.3) is 0 Å². The Labute approximate surface area is 89.4 Å². The summed E-state index contributed by atoms with van der Waals surface area (Å²) in [4.78, 5) is 0. The number of halogens is 1. The van der Waals surface area contributed by atoms with Crippen molar-refractivity contribution in [2.45, 2.75) is 46.1 Å². The number of aliphatic hydroxyl groups excluding tert-OH is 1. The molecule has 0 aromatic carbocycles. The summed E-state index contributed by atoms with van der Waals surface area (Å²) in [6.45, 7) is 6.60. The van der Waals surface area contributed by atoms with Gasteiger partial charge in [0.2, 0.25) is 0 Å². The van der Waals surface area contributed by atoms with Crippen LogP contribution in [-0.4, -0.2) is 11.2 Å². The predicted octanol–water partition coefficient (Wildman–Crippen LogP) is 3.51.